The van der Waals surface area contributed by atoms with Crippen molar-refractivity contribution in [3.63, 3.8) is 0 Å². The third-order valence-corrected chi connectivity index (χ3v) is 19.5. The number of aliphatic hydroxyl groups is 1. The summed E-state index contributed by atoms with van der Waals surface area (Å²) in [7, 11) is -10.4. The smallest absolute Gasteiger partial charge is 0.756 e. The van der Waals surface area contributed by atoms with Crippen molar-refractivity contribution in [1.82, 2.24) is 0 Å². The van der Waals surface area contributed by atoms with Crippen LogP contribution in [0, 0.1) is 5.92 Å². The van der Waals surface area contributed by atoms with Gasteiger partial charge in [-0.3, -0.25) is 28.3 Å². The SMILES string of the molecule is C=C1C(=O)OC2C1CCC(C)=CCCC1(C)OC21.CCCCCCCCCCCC(=O)OCC(COP(=O)([O-])OCC(O)COP(=O)([O-])OCC(COC(=O)CCCCCCCCCCC)OC(=O)CCCCCCCCCCC)OC(=O)CCCCCCCCCCC.[Na+].[Na+]. The summed E-state index contributed by atoms with van der Waals surface area (Å²) in [5, 5.41) is 10.4. The summed E-state index contributed by atoms with van der Waals surface area (Å²) < 4.78 is 78.0. The van der Waals surface area contributed by atoms with Gasteiger partial charge in [0.1, 0.15) is 31.5 Å². The average molecular weight is 1420 g/mol. The number of unbranched alkanes of at least 4 members (excludes halogenated alkanes) is 32. The molecule has 548 valence electrons. The molecular formula is C72H128Na2O20P2. The van der Waals surface area contributed by atoms with Crippen LogP contribution in [-0.2, 0) is 79.6 Å². The summed E-state index contributed by atoms with van der Waals surface area (Å²) in [6, 6.07) is 0. The van der Waals surface area contributed by atoms with Gasteiger partial charge in [0.2, 0.25) is 0 Å². The molecule has 96 heavy (non-hydrogen) atoms. The minimum Gasteiger partial charge on any atom is -0.756 e. The molecule has 2 heterocycles. The fraction of sp³-hybridized carbons (Fsp3) is 0.875. The molecule has 0 saturated carbocycles. The number of fused-ring (bicyclic) bond motifs is 3. The Morgan fingerprint density at radius 2 is 0.844 bits per heavy atom. The molecule has 24 heteroatoms. The quantitative estimate of drug-likeness (QED) is 0.00865. The maximum atomic E-state index is 12.8. The van der Waals surface area contributed by atoms with E-state index in [4.69, 9.17) is 46.5 Å². The first-order chi connectivity index (χ1) is 45.2. The monoisotopic (exact) mass is 1420 g/mol. The molecule has 2 fully saturated rings. The fourth-order valence-corrected chi connectivity index (χ4v) is 13.1. The van der Waals surface area contributed by atoms with Crippen molar-refractivity contribution in [2.45, 2.75) is 360 Å². The number of hydrogen-bond donors (Lipinski definition) is 1. The summed E-state index contributed by atoms with van der Waals surface area (Å²) in [6.07, 6.45) is 40.5. The average Bonchev–Trinajstić information content (AvgIpc) is 1.58. The Hall–Kier alpha value is -1.03. The number of esters is 5. The van der Waals surface area contributed by atoms with E-state index >= 15 is 0 Å². The van der Waals surface area contributed by atoms with Gasteiger partial charge < -0.3 is 61.4 Å². The Kier molecular flexibility index (Phi) is 58.7. The van der Waals surface area contributed by atoms with Gasteiger partial charge in [-0.1, -0.05) is 251 Å². The minimum atomic E-state index is -5.20. The molecule has 0 spiro atoms. The van der Waals surface area contributed by atoms with Crippen LogP contribution in [0.4, 0.5) is 0 Å². The molecule has 1 N–H and O–H groups in total. The summed E-state index contributed by atoms with van der Waals surface area (Å²) in [6.45, 7) is 12.5. The normalized spacial score (nSPS) is 19.6. The predicted octanol–water partition coefficient (Wildman–Crippen LogP) is 10.7. The van der Waals surface area contributed by atoms with E-state index in [1.807, 2.05) is 0 Å². The van der Waals surface area contributed by atoms with Crippen LogP contribution in [0.5, 0.6) is 0 Å². The Balaban J connectivity index is 0.00000381. The van der Waals surface area contributed by atoms with Crippen LogP contribution in [0.3, 0.4) is 0 Å². The second kappa shape index (κ2) is 59.4. The first-order valence-corrected chi connectivity index (χ1v) is 39.9. The Morgan fingerprint density at radius 3 is 1.19 bits per heavy atom. The maximum Gasteiger partial charge on any atom is 1.00 e. The number of carbonyl (C=O) groups excluding carboxylic acids is 5. The van der Waals surface area contributed by atoms with Crippen molar-refractivity contribution in [1.29, 1.82) is 0 Å². The largest absolute Gasteiger partial charge is 1.00 e. The van der Waals surface area contributed by atoms with E-state index < -0.39 is 97.5 Å². The van der Waals surface area contributed by atoms with Gasteiger partial charge in [0.15, 0.2) is 12.2 Å². The summed E-state index contributed by atoms with van der Waals surface area (Å²) >= 11 is 0. The van der Waals surface area contributed by atoms with Crippen molar-refractivity contribution in [2.24, 2.45) is 5.92 Å². The van der Waals surface area contributed by atoms with Crippen molar-refractivity contribution >= 4 is 45.5 Å². The molecule has 2 aliphatic heterocycles. The van der Waals surface area contributed by atoms with Crippen LogP contribution < -0.4 is 68.9 Å². The van der Waals surface area contributed by atoms with Crippen molar-refractivity contribution in [3.8, 4) is 0 Å². The van der Waals surface area contributed by atoms with E-state index in [-0.39, 0.29) is 114 Å². The van der Waals surface area contributed by atoms with Crippen molar-refractivity contribution < 1.29 is 154 Å². The van der Waals surface area contributed by atoms with E-state index in [0.717, 1.165) is 128 Å². The molecule has 1 aliphatic carbocycles. The van der Waals surface area contributed by atoms with Crippen LogP contribution in [0.25, 0.3) is 0 Å². The molecule has 8 unspecified atom stereocenters. The standard InChI is InChI=1S/C57H110O17P2.C15H20O3.2Na/c1-5-9-13-17-21-25-29-33-37-41-54(59)67-47-52(73-56(61)43-39-35-31-27-23-19-15-11-7-3)49-71-75(63,64)69-45-51(58)46-70-76(65,66)72-50-53(74-57(62)44-40-36-32-28-24-20-16-12-8-4)48-68-55(60)42-38-34-30-26-22-18-14-10-6-2;1-9-5-4-8-15(3)13(18-15)12-11(7-6-9)10(2)14(16)17-12;;/h51-53,58H,5-50H2,1-4H3,(H,63,64)(H,65,66);5,11-13H,2,4,6-8H2,1,3H3;;/q;;2*+1/p-2. The molecule has 3 rings (SSSR count). The van der Waals surface area contributed by atoms with Crippen LogP contribution in [0.15, 0.2) is 23.8 Å². The van der Waals surface area contributed by atoms with Crippen molar-refractivity contribution in [3.05, 3.63) is 23.8 Å². The van der Waals surface area contributed by atoms with Crippen LogP contribution in [-0.4, -0.2) is 111 Å². The van der Waals surface area contributed by atoms with Crippen molar-refractivity contribution in [2.75, 3.05) is 39.6 Å². The topological polar surface area (TPSA) is 281 Å². The number of hydrogen-bond acceptors (Lipinski definition) is 20. The van der Waals surface area contributed by atoms with E-state index in [1.54, 1.807) is 0 Å². The second-order valence-corrected chi connectivity index (χ2v) is 29.4. The van der Waals surface area contributed by atoms with Gasteiger partial charge in [-0.2, -0.15) is 0 Å². The molecular weight excluding hydrogens is 1290 g/mol. The van der Waals surface area contributed by atoms with E-state index in [0.29, 0.717) is 31.3 Å². The molecule has 0 aromatic heterocycles. The number of phosphoric acid groups is 2. The van der Waals surface area contributed by atoms with Gasteiger partial charge in [-0.15, -0.1) is 0 Å². The fourth-order valence-electron chi connectivity index (χ4n) is 11.6. The number of phosphoric ester groups is 2. The van der Waals surface area contributed by atoms with Gasteiger partial charge >= 0.3 is 89.0 Å². The molecule has 0 aromatic rings. The van der Waals surface area contributed by atoms with Gasteiger partial charge in [0.25, 0.3) is 15.6 Å². The van der Waals surface area contributed by atoms with Crippen LogP contribution in [0.1, 0.15) is 324 Å². The number of aliphatic hydroxyl groups excluding tert-OH is 1. The summed E-state index contributed by atoms with van der Waals surface area (Å²) in [4.78, 5) is 87.9. The second-order valence-electron chi connectivity index (χ2n) is 26.6. The molecule has 0 bridgehead atoms. The number of rotatable bonds is 58. The summed E-state index contributed by atoms with van der Waals surface area (Å²) in [5.74, 6) is -2.34. The zero-order valence-corrected chi connectivity index (χ0v) is 67.0. The molecule has 2 saturated heterocycles. The maximum absolute atomic E-state index is 12.8. The first kappa shape index (κ1) is 95.0. The van der Waals surface area contributed by atoms with Gasteiger partial charge in [-0.05, 0) is 65.2 Å². The van der Waals surface area contributed by atoms with E-state index in [2.05, 4.69) is 54.2 Å². The zero-order valence-electron chi connectivity index (χ0n) is 61.2. The molecule has 0 aromatic carbocycles. The van der Waals surface area contributed by atoms with Gasteiger partial charge in [0, 0.05) is 37.2 Å². The number of carbonyl (C=O) groups is 5. The number of epoxide rings is 1. The van der Waals surface area contributed by atoms with E-state index in [9.17, 15) is 48.0 Å². The zero-order chi connectivity index (χ0) is 69.1. The van der Waals surface area contributed by atoms with Gasteiger partial charge in [0.05, 0.1) is 32.0 Å². The Bertz CT molecular complexity index is 2080. The van der Waals surface area contributed by atoms with Gasteiger partial charge in [-0.25, -0.2) is 4.79 Å². The number of ether oxygens (including phenoxy) is 6. The molecule has 8 atom stereocenters. The molecule has 0 amide bonds. The molecule has 3 aliphatic rings. The molecule has 20 nitrogen and oxygen atoms in total. The van der Waals surface area contributed by atoms with Crippen LogP contribution >= 0.6 is 15.6 Å². The third kappa shape index (κ3) is 49.6. The minimum absolute atomic E-state index is 0. The van der Waals surface area contributed by atoms with Crippen LogP contribution in [0.2, 0.25) is 0 Å². The Morgan fingerprint density at radius 1 is 0.531 bits per heavy atom. The predicted molar refractivity (Wildman–Crippen MR) is 362 cm³/mol. The number of allylic oxidation sites excluding steroid dienone is 2. The third-order valence-electron chi connectivity index (χ3n) is 17.7. The first-order valence-electron chi connectivity index (χ1n) is 37.0. The summed E-state index contributed by atoms with van der Waals surface area (Å²) in [5.41, 5.74) is 1.91. The van der Waals surface area contributed by atoms with E-state index in [1.165, 1.54) is 108 Å². The molecule has 0 radical (unpaired) electrons. The Labute approximate surface area is 624 Å².